The molecule has 2 N–H and O–H groups in total. The van der Waals surface area contributed by atoms with Gasteiger partial charge >= 0.3 is 0 Å². The van der Waals surface area contributed by atoms with E-state index >= 15 is 0 Å². The average Bonchev–Trinajstić information content (AvgIpc) is 2.44. The summed E-state index contributed by atoms with van der Waals surface area (Å²) in [6.07, 6.45) is 1.83. The Morgan fingerprint density at radius 1 is 1.50 bits per heavy atom. The molecule has 1 aromatic carbocycles. The fourth-order valence-corrected chi connectivity index (χ4v) is 3.06. The molecular weight excluding hydrogens is 340 g/mol. The smallest absolute Gasteiger partial charge is 0.240 e. The zero-order chi connectivity index (χ0) is 14.0. The van der Waals surface area contributed by atoms with Crippen LogP contribution in [0, 0.1) is 5.92 Å². The molecule has 0 spiro atoms. The summed E-state index contributed by atoms with van der Waals surface area (Å²) in [4.78, 5) is 14.3. The first-order valence-electron chi connectivity index (χ1n) is 6.85. The van der Waals surface area contributed by atoms with Crippen LogP contribution in [-0.2, 0) is 17.8 Å². The van der Waals surface area contributed by atoms with Crippen molar-refractivity contribution in [3.05, 3.63) is 33.8 Å². The Bertz CT molecular complexity index is 481. The fourth-order valence-electron chi connectivity index (χ4n) is 2.46. The molecule has 0 fully saturated rings. The molecule has 0 aromatic heterocycles. The van der Waals surface area contributed by atoms with Gasteiger partial charge in [-0.1, -0.05) is 48.3 Å². The average molecular weight is 362 g/mol. The molecule has 2 unspecified atom stereocenters. The second-order valence-corrected chi connectivity index (χ2v) is 6.15. The van der Waals surface area contributed by atoms with Gasteiger partial charge in [-0.25, -0.2) is 0 Å². The minimum absolute atomic E-state index is 0. The number of carbonyl (C=O) groups excluding carboxylic acids is 1. The zero-order valence-corrected chi connectivity index (χ0v) is 14.3. The largest absolute Gasteiger partial charge is 0.337 e. The first-order valence-corrected chi connectivity index (χ1v) is 7.64. The minimum atomic E-state index is -0.376. The standard InChI is InChI=1S/C15H21BrN2O.ClH/c1-3-10(2)14(17)15(19)18-8-7-12-11(9-18)5-4-6-13(12)16;/h4-6,10,14H,3,7-9,17H2,1-2H3;1H. The second-order valence-electron chi connectivity index (χ2n) is 5.30. The molecule has 0 radical (unpaired) electrons. The van der Waals surface area contributed by atoms with Crippen LogP contribution in [0.5, 0.6) is 0 Å². The highest BCUT2D eigenvalue weighted by atomic mass is 79.9. The van der Waals surface area contributed by atoms with Crippen LogP contribution < -0.4 is 5.73 Å². The van der Waals surface area contributed by atoms with Gasteiger partial charge in [0.25, 0.3) is 0 Å². The summed E-state index contributed by atoms with van der Waals surface area (Å²) >= 11 is 3.57. The molecule has 0 saturated heterocycles. The quantitative estimate of drug-likeness (QED) is 0.899. The lowest BCUT2D eigenvalue weighted by Gasteiger charge is -2.32. The van der Waals surface area contributed by atoms with E-state index in [1.165, 1.54) is 11.1 Å². The van der Waals surface area contributed by atoms with E-state index in [0.29, 0.717) is 6.54 Å². The highest BCUT2D eigenvalue weighted by molar-refractivity contribution is 9.10. The van der Waals surface area contributed by atoms with Crippen LogP contribution in [-0.4, -0.2) is 23.4 Å². The van der Waals surface area contributed by atoms with Crippen molar-refractivity contribution in [1.29, 1.82) is 0 Å². The summed E-state index contributed by atoms with van der Waals surface area (Å²) in [6.45, 7) is 5.55. The molecule has 2 atom stereocenters. The van der Waals surface area contributed by atoms with Gasteiger partial charge in [0, 0.05) is 17.6 Å². The van der Waals surface area contributed by atoms with E-state index in [4.69, 9.17) is 5.73 Å². The van der Waals surface area contributed by atoms with Crippen molar-refractivity contribution in [3.8, 4) is 0 Å². The molecule has 1 aromatic rings. The number of hydrogen-bond acceptors (Lipinski definition) is 2. The van der Waals surface area contributed by atoms with E-state index in [-0.39, 0.29) is 30.3 Å². The molecule has 2 rings (SSSR count). The maximum atomic E-state index is 12.4. The second kappa shape index (κ2) is 7.43. The first-order chi connectivity index (χ1) is 9.04. The molecule has 0 bridgehead atoms. The summed E-state index contributed by atoms with van der Waals surface area (Å²) in [6, 6.07) is 5.79. The topological polar surface area (TPSA) is 46.3 Å². The van der Waals surface area contributed by atoms with Crippen molar-refractivity contribution in [2.75, 3.05) is 6.54 Å². The van der Waals surface area contributed by atoms with Crippen LogP contribution in [0.2, 0.25) is 0 Å². The van der Waals surface area contributed by atoms with Crippen LogP contribution in [0.1, 0.15) is 31.4 Å². The van der Waals surface area contributed by atoms with Crippen LogP contribution in [0.4, 0.5) is 0 Å². The Hall–Kier alpha value is -0.580. The van der Waals surface area contributed by atoms with Gasteiger partial charge in [0.2, 0.25) is 5.91 Å². The molecule has 1 heterocycles. The third-order valence-corrected chi connectivity index (χ3v) is 4.81. The Morgan fingerprint density at radius 3 is 2.85 bits per heavy atom. The number of nitrogens with zero attached hydrogens (tertiary/aromatic N) is 1. The number of fused-ring (bicyclic) bond motifs is 1. The highest BCUT2D eigenvalue weighted by Gasteiger charge is 2.28. The van der Waals surface area contributed by atoms with Crippen molar-refractivity contribution in [2.45, 2.75) is 39.3 Å². The third-order valence-electron chi connectivity index (χ3n) is 4.06. The molecule has 0 aliphatic carbocycles. The van der Waals surface area contributed by atoms with Crippen molar-refractivity contribution >= 4 is 34.2 Å². The summed E-state index contributed by atoms with van der Waals surface area (Å²) in [7, 11) is 0. The number of halogens is 2. The first kappa shape index (κ1) is 17.5. The summed E-state index contributed by atoms with van der Waals surface area (Å²) in [5.74, 6) is 0.316. The van der Waals surface area contributed by atoms with E-state index in [0.717, 1.165) is 23.9 Å². The highest BCUT2D eigenvalue weighted by Crippen LogP contribution is 2.26. The SMILES string of the molecule is CCC(C)C(N)C(=O)N1CCc2c(Br)cccc2C1.Cl. The van der Waals surface area contributed by atoms with Crippen molar-refractivity contribution in [1.82, 2.24) is 4.90 Å². The van der Waals surface area contributed by atoms with Crippen molar-refractivity contribution in [2.24, 2.45) is 11.7 Å². The lowest BCUT2D eigenvalue weighted by atomic mass is 9.96. The molecule has 112 valence electrons. The van der Waals surface area contributed by atoms with E-state index in [1.807, 2.05) is 17.9 Å². The Morgan fingerprint density at radius 2 is 2.20 bits per heavy atom. The summed E-state index contributed by atoms with van der Waals surface area (Å²) < 4.78 is 1.14. The monoisotopic (exact) mass is 360 g/mol. The number of rotatable bonds is 3. The number of nitrogens with two attached hydrogens (primary N) is 1. The maximum absolute atomic E-state index is 12.4. The van der Waals surface area contributed by atoms with Crippen molar-refractivity contribution < 1.29 is 4.79 Å². The number of carbonyl (C=O) groups is 1. The number of hydrogen-bond donors (Lipinski definition) is 1. The van der Waals surface area contributed by atoms with Gasteiger partial charge in [0.05, 0.1) is 6.04 Å². The Kier molecular flexibility index (Phi) is 6.49. The third kappa shape index (κ3) is 3.54. The Labute approximate surface area is 135 Å². The van der Waals surface area contributed by atoms with Crippen LogP contribution in [0.3, 0.4) is 0 Å². The molecule has 20 heavy (non-hydrogen) atoms. The molecule has 1 aliphatic rings. The van der Waals surface area contributed by atoms with Gasteiger partial charge in [-0.05, 0) is 29.5 Å². The lowest BCUT2D eigenvalue weighted by Crippen LogP contribution is -2.48. The van der Waals surface area contributed by atoms with Crippen LogP contribution in [0.15, 0.2) is 22.7 Å². The molecule has 3 nitrogen and oxygen atoms in total. The van der Waals surface area contributed by atoms with Gasteiger partial charge in [-0.15, -0.1) is 12.4 Å². The van der Waals surface area contributed by atoms with Crippen LogP contribution >= 0.6 is 28.3 Å². The van der Waals surface area contributed by atoms with Gasteiger partial charge in [0.1, 0.15) is 0 Å². The zero-order valence-electron chi connectivity index (χ0n) is 11.9. The van der Waals surface area contributed by atoms with E-state index in [9.17, 15) is 4.79 Å². The van der Waals surface area contributed by atoms with E-state index < -0.39 is 0 Å². The van der Waals surface area contributed by atoms with Gasteiger partial charge in [-0.2, -0.15) is 0 Å². The van der Waals surface area contributed by atoms with Gasteiger partial charge in [-0.3, -0.25) is 4.79 Å². The molecule has 0 saturated carbocycles. The summed E-state index contributed by atoms with van der Waals surface area (Å²) in [5.41, 5.74) is 8.60. The molecular formula is C15H22BrClN2O. The molecule has 5 heteroatoms. The van der Waals surface area contributed by atoms with Crippen LogP contribution in [0.25, 0.3) is 0 Å². The number of benzene rings is 1. The number of amides is 1. The van der Waals surface area contributed by atoms with Crippen molar-refractivity contribution in [3.63, 3.8) is 0 Å². The lowest BCUT2D eigenvalue weighted by molar-refractivity contribution is -0.134. The molecule has 1 aliphatic heterocycles. The van der Waals surface area contributed by atoms with Gasteiger partial charge < -0.3 is 10.6 Å². The predicted octanol–water partition coefficient (Wildman–Crippen LogP) is 3.13. The predicted molar refractivity (Wildman–Crippen MR) is 87.9 cm³/mol. The van der Waals surface area contributed by atoms with E-state index in [1.54, 1.807) is 0 Å². The minimum Gasteiger partial charge on any atom is -0.337 e. The molecule has 1 amide bonds. The maximum Gasteiger partial charge on any atom is 0.240 e. The fraction of sp³-hybridized carbons (Fsp3) is 0.533. The van der Waals surface area contributed by atoms with Gasteiger partial charge in [0.15, 0.2) is 0 Å². The van der Waals surface area contributed by atoms with E-state index in [2.05, 4.69) is 35.0 Å². The normalized spacial score (nSPS) is 16.9. The Balaban J connectivity index is 0.00000200. The summed E-state index contributed by atoms with van der Waals surface area (Å²) in [5, 5.41) is 0.